The average Bonchev–Trinajstić information content (AvgIpc) is 3.20. The van der Waals surface area contributed by atoms with Crippen molar-refractivity contribution in [3.05, 3.63) is 46.7 Å². The number of rotatable bonds is 6. The predicted molar refractivity (Wildman–Crippen MR) is 102 cm³/mol. The molecule has 1 saturated heterocycles. The number of hydrogen-bond donors (Lipinski definition) is 0. The minimum absolute atomic E-state index is 0.0437. The third-order valence-corrected chi connectivity index (χ3v) is 6.09. The Morgan fingerprint density at radius 2 is 2.19 bits per heavy atom. The zero-order chi connectivity index (χ0) is 19.0. The van der Waals surface area contributed by atoms with E-state index in [0.29, 0.717) is 29.4 Å². The first kappa shape index (κ1) is 18.1. The normalized spacial score (nSPS) is 18.0. The molecular formula is C20H22FN3O2S. The Morgan fingerprint density at radius 3 is 2.85 bits per heavy atom. The second kappa shape index (κ2) is 7.38. The van der Waals surface area contributed by atoms with Crippen LogP contribution in [0.2, 0.25) is 0 Å². The number of nitrogens with zero attached hydrogens (tertiary/aromatic N) is 3. The standard InChI is InChI=1S/C20H22FN3O2S/c1-13(16-5-2-3-6-17(16)21)24(15-8-9-15)19(26)11-14-12-27-20(22-14)23-10-4-7-18(23)25/h2-3,5-6,12-13,15H,4,7-11H2,1H3. The van der Waals surface area contributed by atoms with Crippen LogP contribution in [0.4, 0.5) is 9.52 Å². The van der Waals surface area contributed by atoms with Gasteiger partial charge in [0, 0.05) is 30.0 Å². The molecular weight excluding hydrogens is 365 g/mol. The Hall–Kier alpha value is -2.28. The lowest BCUT2D eigenvalue weighted by atomic mass is 10.1. The van der Waals surface area contributed by atoms with Gasteiger partial charge in [0.1, 0.15) is 5.82 Å². The Kier molecular flexibility index (Phi) is 4.95. The molecule has 1 aliphatic carbocycles. The first-order valence-corrected chi connectivity index (χ1v) is 10.2. The number of benzene rings is 1. The van der Waals surface area contributed by atoms with Crippen molar-refractivity contribution < 1.29 is 14.0 Å². The van der Waals surface area contributed by atoms with Gasteiger partial charge >= 0.3 is 0 Å². The van der Waals surface area contributed by atoms with Gasteiger partial charge in [0.2, 0.25) is 11.8 Å². The van der Waals surface area contributed by atoms with E-state index in [0.717, 1.165) is 19.3 Å². The fraction of sp³-hybridized carbons (Fsp3) is 0.450. The van der Waals surface area contributed by atoms with Crippen molar-refractivity contribution in [1.82, 2.24) is 9.88 Å². The summed E-state index contributed by atoms with van der Waals surface area (Å²) in [5.41, 5.74) is 1.21. The van der Waals surface area contributed by atoms with E-state index in [1.807, 2.05) is 12.3 Å². The maximum absolute atomic E-state index is 14.2. The molecule has 0 radical (unpaired) electrons. The van der Waals surface area contributed by atoms with Gasteiger partial charge in [-0.05, 0) is 32.3 Å². The van der Waals surface area contributed by atoms with Gasteiger partial charge in [0.15, 0.2) is 5.13 Å². The van der Waals surface area contributed by atoms with Crippen molar-refractivity contribution in [2.75, 3.05) is 11.4 Å². The summed E-state index contributed by atoms with van der Waals surface area (Å²) >= 11 is 1.40. The Bertz CT molecular complexity index is 864. The number of carbonyl (C=O) groups is 2. The second-order valence-corrected chi connectivity index (χ2v) is 8.01. The van der Waals surface area contributed by atoms with Crippen molar-refractivity contribution in [2.24, 2.45) is 0 Å². The van der Waals surface area contributed by atoms with Crippen LogP contribution in [0.1, 0.15) is 49.9 Å². The van der Waals surface area contributed by atoms with Gasteiger partial charge < -0.3 is 4.90 Å². The molecule has 0 spiro atoms. The molecule has 1 aromatic carbocycles. The number of carbonyl (C=O) groups excluding carboxylic acids is 2. The number of anilines is 1. The van der Waals surface area contributed by atoms with Gasteiger partial charge in [-0.2, -0.15) is 0 Å². The molecule has 7 heteroatoms. The number of halogens is 1. The van der Waals surface area contributed by atoms with Crippen LogP contribution >= 0.6 is 11.3 Å². The van der Waals surface area contributed by atoms with E-state index in [4.69, 9.17) is 0 Å². The van der Waals surface area contributed by atoms with Gasteiger partial charge in [-0.25, -0.2) is 9.37 Å². The molecule has 2 fully saturated rings. The SMILES string of the molecule is CC(c1ccccc1F)N(C(=O)Cc1csc(N2CCCC2=O)n1)C1CC1. The molecule has 27 heavy (non-hydrogen) atoms. The van der Waals surface area contributed by atoms with Crippen LogP contribution in [0.25, 0.3) is 0 Å². The van der Waals surface area contributed by atoms with Gasteiger partial charge in [-0.3, -0.25) is 14.5 Å². The van der Waals surface area contributed by atoms with E-state index in [1.165, 1.54) is 17.4 Å². The molecule has 4 rings (SSSR count). The van der Waals surface area contributed by atoms with Crippen molar-refractivity contribution >= 4 is 28.3 Å². The third-order valence-electron chi connectivity index (χ3n) is 5.18. The first-order chi connectivity index (χ1) is 13.0. The highest BCUT2D eigenvalue weighted by molar-refractivity contribution is 7.14. The first-order valence-electron chi connectivity index (χ1n) is 9.35. The lowest BCUT2D eigenvalue weighted by molar-refractivity contribution is -0.133. The molecule has 1 unspecified atom stereocenters. The van der Waals surface area contributed by atoms with Gasteiger partial charge in [-0.15, -0.1) is 11.3 Å². The highest BCUT2D eigenvalue weighted by Crippen LogP contribution is 2.36. The Morgan fingerprint density at radius 1 is 1.41 bits per heavy atom. The van der Waals surface area contributed by atoms with Gasteiger partial charge in [0.25, 0.3) is 0 Å². The summed E-state index contributed by atoms with van der Waals surface area (Å²) in [4.78, 5) is 32.9. The van der Waals surface area contributed by atoms with Crippen molar-refractivity contribution in [2.45, 2.75) is 51.1 Å². The Labute approximate surface area is 161 Å². The number of aromatic nitrogens is 1. The van der Waals surface area contributed by atoms with Gasteiger partial charge in [0.05, 0.1) is 18.2 Å². The van der Waals surface area contributed by atoms with E-state index >= 15 is 0 Å². The summed E-state index contributed by atoms with van der Waals surface area (Å²) in [7, 11) is 0. The highest BCUT2D eigenvalue weighted by Gasteiger charge is 2.37. The minimum atomic E-state index is -0.315. The molecule has 0 N–H and O–H groups in total. The maximum Gasteiger partial charge on any atom is 0.229 e. The molecule has 142 valence electrons. The fourth-order valence-electron chi connectivity index (χ4n) is 3.65. The molecule has 2 heterocycles. The third kappa shape index (κ3) is 3.74. The topological polar surface area (TPSA) is 53.5 Å². The van der Waals surface area contributed by atoms with Crippen molar-refractivity contribution in [1.29, 1.82) is 0 Å². The molecule has 5 nitrogen and oxygen atoms in total. The summed E-state index contributed by atoms with van der Waals surface area (Å²) in [6.07, 6.45) is 3.49. The van der Waals surface area contributed by atoms with E-state index in [1.54, 1.807) is 28.0 Å². The summed E-state index contributed by atoms with van der Waals surface area (Å²) in [5.74, 6) is -0.236. The minimum Gasteiger partial charge on any atom is -0.333 e. The van der Waals surface area contributed by atoms with E-state index in [9.17, 15) is 14.0 Å². The summed E-state index contributed by atoms with van der Waals surface area (Å²) in [6.45, 7) is 2.57. The molecule has 2 aliphatic rings. The number of amides is 2. The van der Waals surface area contributed by atoms with Crippen LogP contribution in [0.15, 0.2) is 29.6 Å². The molecule has 2 amide bonds. The summed E-state index contributed by atoms with van der Waals surface area (Å²) in [6, 6.07) is 6.48. The van der Waals surface area contributed by atoms with Crippen LogP contribution in [0.3, 0.4) is 0 Å². The van der Waals surface area contributed by atoms with E-state index in [-0.39, 0.29) is 36.1 Å². The fourth-order valence-corrected chi connectivity index (χ4v) is 4.52. The quantitative estimate of drug-likeness (QED) is 0.759. The van der Waals surface area contributed by atoms with E-state index < -0.39 is 0 Å². The molecule has 1 saturated carbocycles. The van der Waals surface area contributed by atoms with Crippen LogP contribution < -0.4 is 4.90 Å². The molecule has 1 atom stereocenters. The number of hydrogen-bond acceptors (Lipinski definition) is 4. The van der Waals surface area contributed by atoms with Crippen molar-refractivity contribution in [3.8, 4) is 0 Å². The molecule has 2 aromatic rings. The highest BCUT2D eigenvalue weighted by atomic mass is 32.1. The number of thiazole rings is 1. The average molecular weight is 387 g/mol. The smallest absolute Gasteiger partial charge is 0.229 e. The molecule has 1 aliphatic heterocycles. The lowest BCUT2D eigenvalue weighted by Gasteiger charge is -2.30. The van der Waals surface area contributed by atoms with Crippen LogP contribution in [0, 0.1) is 5.82 Å². The molecule has 0 bridgehead atoms. The zero-order valence-corrected chi connectivity index (χ0v) is 16.0. The summed E-state index contributed by atoms with van der Waals surface area (Å²) < 4.78 is 14.2. The van der Waals surface area contributed by atoms with Gasteiger partial charge in [-0.1, -0.05) is 18.2 Å². The Balaban J connectivity index is 1.49. The van der Waals surface area contributed by atoms with Crippen LogP contribution in [-0.4, -0.2) is 34.3 Å². The van der Waals surface area contributed by atoms with E-state index in [2.05, 4.69) is 4.98 Å². The molecule has 1 aromatic heterocycles. The monoisotopic (exact) mass is 387 g/mol. The second-order valence-electron chi connectivity index (χ2n) is 7.18. The van der Waals surface area contributed by atoms with Crippen LogP contribution in [-0.2, 0) is 16.0 Å². The largest absolute Gasteiger partial charge is 0.333 e. The zero-order valence-electron chi connectivity index (χ0n) is 15.2. The van der Waals surface area contributed by atoms with Crippen molar-refractivity contribution in [3.63, 3.8) is 0 Å². The summed E-state index contributed by atoms with van der Waals surface area (Å²) in [5, 5.41) is 2.51. The maximum atomic E-state index is 14.2. The predicted octanol–water partition coefficient (Wildman–Crippen LogP) is 3.70. The van der Waals surface area contributed by atoms with Crippen LogP contribution in [0.5, 0.6) is 0 Å². The lowest BCUT2D eigenvalue weighted by Crippen LogP contribution is -2.37.